The summed E-state index contributed by atoms with van der Waals surface area (Å²) in [5.41, 5.74) is 6.57. The Kier molecular flexibility index (Phi) is 3.53. The van der Waals surface area contributed by atoms with Crippen molar-refractivity contribution >= 4 is 0 Å². The molecule has 0 aliphatic heterocycles. The van der Waals surface area contributed by atoms with Crippen molar-refractivity contribution in [3.63, 3.8) is 0 Å². The molecular formula is C13H15F2N3O. The van der Waals surface area contributed by atoms with E-state index in [0.29, 0.717) is 17.0 Å². The summed E-state index contributed by atoms with van der Waals surface area (Å²) in [6, 6.07) is 1.60. The van der Waals surface area contributed by atoms with E-state index >= 15 is 0 Å². The maximum absolute atomic E-state index is 14.1. The number of methoxy groups -OCH3 is 1. The van der Waals surface area contributed by atoms with Crippen LogP contribution in [-0.4, -0.2) is 16.9 Å². The molecule has 4 nitrogen and oxygen atoms in total. The van der Waals surface area contributed by atoms with Crippen LogP contribution in [0.5, 0.6) is 5.75 Å². The SMILES string of the molecule is COc1cnn(C)c1C(N)c1c(F)ccc(C)c1F. The molecule has 0 saturated carbocycles. The third-order valence-corrected chi connectivity index (χ3v) is 3.09. The van der Waals surface area contributed by atoms with Crippen LogP contribution in [-0.2, 0) is 7.05 Å². The molecule has 0 spiro atoms. The maximum atomic E-state index is 14.1. The van der Waals surface area contributed by atoms with Crippen LogP contribution in [0, 0.1) is 18.6 Å². The maximum Gasteiger partial charge on any atom is 0.161 e. The normalized spacial score (nSPS) is 12.5. The summed E-state index contributed by atoms with van der Waals surface area (Å²) in [5, 5.41) is 3.98. The number of nitrogens with two attached hydrogens (primary N) is 1. The second kappa shape index (κ2) is 4.97. The monoisotopic (exact) mass is 267 g/mol. The van der Waals surface area contributed by atoms with Gasteiger partial charge in [-0.15, -0.1) is 0 Å². The van der Waals surface area contributed by atoms with E-state index in [9.17, 15) is 8.78 Å². The fraction of sp³-hybridized carbons (Fsp3) is 0.308. The van der Waals surface area contributed by atoms with Gasteiger partial charge in [0.2, 0.25) is 0 Å². The standard InChI is InChI=1S/C13H15F2N3O/c1-7-4-5-8(14)10(11(7)15)12(16)13-9(19-3)6-17-18(13)2/h4-6,12H,16H2,1-3H3. The molecule has 0 saturated heterocycles. The second-order valence-corrected chi connectivity index (χ2v) is 4.29. The zero-order valence-electron chi connectivity index (χ0n) is 10.9. The van der Waals surface area contributed by atoms with Crippen molar-refractivity contribution in [2.24, 2.45) is 12.8 Å². The van der Waals surface area contributed by atoms with Gasteiger partial charge in [0.05, 0.1) is 19.3 Å². The number of aromatic nitrogens is 2. The highest BCUT2D eigenvalue weighted by molar-refractivity contribution is 5.39. The Morgan fingerprint density at radius 3 is 2.68 bits per heavy atom. The highest BCUT2D eigenvalue weighted by atomic mass is 19.1. The number of hydrogen-bond acceptors (Lipinski definition) is 3. The average Bonchev–Trinajstić information content (AvgIpc) is 2.75. The lowest BCUT2D eigenvalue weighted by atomic mass is 10.00. The molecule has 0 fully saturated rings. The Balaban J connectivity index is 2.59. The predicted molar refractivity (Wildman–Crippen MR) is 66.9 cm³/mol. The molecule has 1 unspecified atom stereocenters. The molecule has 2 aromatic rings. The quantitative estimate of drug-likeness (QED) is 0.926. The topological polar surface area (TPSA) is 53.1 Å². The van der Waals surface area contributed by atoms with Gasteiger partial charge in [-0.25, -0.2) is 8.78 Å². The van der Waals surface area contributed by atoms with Crippen molar-refractivity contribution in [3.8, 4) is 5.75 Å². The van der Waals surface area contributed by atoms with Gasteiger partial charge in [-0.2, -0.15) is 5.10 Å². The van der Waals surface area contributed by atoms with Crippen LogP contribution < -0.4 is 10.5 Å². The summed E-state index contributed by atoms with van der Waals surface area (Å²) in [5.74, 6) is -0.926. The molecule has 1 atom stereocenters. The van der Waals surface area contributed by atoms with Gasteiger partial charge < -0.3 is 10.5 Å². The van der Waals surface area contributed by atoms with Crippen molar-refractivity contribution in [1.29, 1.82) is 0 Å². The van der Waals surface area contributed by atoms with Gasteiger partial charge in [0, 0.05) is 12.6 Å². The number of ether oxygens (including phenoxy) is 1. The summed E-state index contributed by atoms with van der Waals surface area (Å²) in [6.07, 6.45) is 1.46. The molecular weight excluding hydrogens is 252 g/mol. The molecule has 19 heavy (non-hydrogen) atoms. The van der Waals surface area contributed by atoms with E-state index in [1.54, 1.807) is 14.0 Å². The molecule has 1 aromatic carbocycles. The van der Waals surface area contributed by atoms with Gasteiger partial charge in [-0.1, -0.05) is 6.07 Å². The van der Waals surface area contributed by atoms with Crippen LogP contribution in [0.15, 0.2) is 18.3 Å². The lowest BCUT2D eigenvalue weighted by Crippen LogP contribution is -2.20. The lowest BCUT2D eigenvalue weighted by molar-refractivity contribution is 0.404. The summed E-state index contributed by atoms with van der Waals surface area (Å²) in [6.45, 7) is 1.56. The van der Waals surface area contributed by atoms with E-state index < -0.39 is 17.7 Å². The fourth-order valence-corrected chi connectivity index (χ4v) is 2.04. The molecule has 102 valence electrons. The van der Waals surface area contributed by atoms with Crippen LogP contribution in [0.25, 0.3) is 0 Å². The number of benzene rings is 1. The molecule has 0 aliphatic carbocycles. The van der Waals surface area contributed by atoms with Gasteiger partial charge >= 0.3 is 0 Å². The van der Waals surface area contributed by atoms with E-state index in [-0.39, 0.29) is 5.56 Å². The van der Waals surface area contributed by atoms with E-state index in [1.165, 1.54) is 30.1 Å². The smallest absolute Gasteiger partial charge is 0.161 e. The highest BCUT2D eigenvalue weighted by Crippen LogP contribution is 2.31. The summed E-state index contributed by atoms with van der Waals surface area (Å²) >= 11 is 0. The third kappa shape index (κ3) is 2.19. The molecule has 6 heteroatoms. The largest absolute Gasteiger partial charge is 0.493 e. The predicted octanol–water partition coefficient (Wildman–Crippen LogP) is 2.06. The first-order valence-corrected chi connectivity index (χ1v) is 5.73. The van der Waals surface area contributed by atoms with Gasteiger partial charge in [-0.05, 0) is 18.6 Å². The number of nitrogens with zero attached hydrogens (tertiary/aromatic N) is 2. The third-order valence-electron chi connectivity index (χ3n) is 3.09. The zero-order chi connectivity index (χ0) is 14.2. The first-order valence-electron chi connectivity index (χ1n) is 5.73. The van der Waals surface area contributed by atoms with Gasteiger partial charge in [0.15, 0.2) is 5.75 Å². The summed E-state index contributed by atoms with van der Waals surface area (Å²) in [7, 11) is 3.10. The van der Waals surface area contributed by atoms with Crippen LogP contribution in [0.4, 0.5) is 8.78 Å². The number of hydrogen-bond donors (Lipinski definition) is 1. The average molecular weight is 267 g/mol. The molecule has 1 aromatic heterocycles. The molecule has 0 bridgehead atoms. The van der Waals surface area contributed by atoms with E-state index in [2.05, 4.69) is 5.10 Å². The Bertz CT molecular complexity index is 610. The fourth-order valence-electron chi connectivity index (χ4n) is 2.04. The van der Waals surface area contributed by atoms with Gasteiger partial charge in [0.1, 0.15) is 17.3 Å². The Labute approximate surface area is 109 Å². The Morgan fingerprint density at radius 2 is 2.05 bits per heavy atom. The van der Waals surface area contributed by atoms with Crippen LogP contribution in [0.3, 0.4) is 0 Å². The number of halogens is 2. The Hall–Kier alpha value is -1.95. The second-order valence-electron chi connectivity index (χ2n) is 4.29. The van der Waals surface area contributed by atoms with Gasteiger partial charge in [-0.3, -0.25) is 4.68 Å². The number of aryl methyl sites for hydroxylation is 2. The first kappa shape index (κ1) is 13.5. The highest BCUT2D eigenvalue weighted by Gasteiger charge is 2.25. The molecule has 1 heterocycles. The Morgan fingerprint density at radius 1 is 1.37 bits per heavy atom. The van der Waals surface area contributed by atoms with Crippen molar-refractivity contribution < 1.29 is 13.5 Å². The minimum absolute atomic E-state index is 0.179. The van der Waals surface area contributed by atoms with Crippen molar-refractivity contribution in [2.75, 3.05) is 7.11 Å². The molecule has 0 amide bonds. The van der Waals surface area contributed by atoms with E-state index in [1.807, 2.05) is 0 Å². The first-order chi connectivity index (χ1) is 8.97. The lowest BCUT2D eigenvalue weighted by Gasteiger charge is -2.16. The van der Waals surface area contributed by atoms with Crippen molar-refractivity contribution in [3.05, 3.63) is 46.8 Å². The molecule has 0 radical (unpaired) electrons. The van der Waals surface area contributed by atoms with Crippen molar-refractivity contribution in [1.82, 2.24) is 9.78 Å². The molecule has 2 N–H and O–H groups in total. The van der Waals surface area contributed by atoms with Crippen LogP contribution >= 0.6 is 0 Å². The molecule has 0 aliphatic rings. The van der Waals surface area contributed by atoms with E-state index in [4.69, 9.17) is 10.5 Å². The summed E-state index contributed by atoms with van der Waals surface area (Å²) < 4.78 is 34.5. The minimum atomic E-state index is -0.984. The zero-order valence-corrected chi connectivity index (χ0v) is 10.9. The van der Waals surface area contributed by atoms with Crippen molar-refractivity contribution in [2.45, 2.75) is 13.0 Å². The van der Waals surface area contributed by atoms with Crippen LogP contribution in [0.1, 0.15) is 22.9 Å². The van der Waals surface area contributed by atoms with Crippen LogP contribution in [0.2, 0.25) is 0 Å². The summed E-state index contributed by atoms with van der Waals surface area (Å²) in [4.78, 5) is 0. The van der Waals surface area contributed by atoms with E-state index in [0.717, 1.165) is 0 Å². The number of rotatable bonds is 3. The minimum Gasteiger partial charge on any atom is -0.493 e. The van der Waals surface area contributed by atoms with Gasteiger partial charge in [0.25, 0.3) is 0 Å². The molecule has 2 rings (SSSR count).